The number of alkyl halides is 2. The first kappa shape index (κ1) is 23.6. The molecule has 1 aromatic rings. The van der Waals surface area contributed by atoms with Gasteiger partial charge in [0, 0.05) is 37.1 Å². The molecule has 2 rings (SSSR count). The second kappa shape index (κ2) is 12.1. The van der Waals surface area contributed by atoms with Crippen LogP contribution in [0.1, 0.15) is 12.0 Å². The Morgan fingerprint density at radius 2 is 1.68 bits per heavy atom. The van der Waals surface area contributed by atoms with Crippen LogP contribution in [0.3, 0.4) is 0 Å². The summed E-state index contributed by atoms with van der Waals surface area (Å²) in [5.41, 5.74) is 2.27. The van der Waals surface area contributed by atoms with Crippen molar-refractivity contribution >= 4 is 28.9 Å². The molecule has 0 aromatic heterocycles. The molecule has 1 unspecified atom stereocenters. The molecule has 9 heteroatoms. The van der Waals surface area contributed by atoms with Gasteiger partial charge >= 0.3 is 0 Å². The number of hydrogen-bond acceptors (Lipinski definition) is 7. The summed E-state index contributed by atoms with van der Waals surface area (Å²) in [7, 11) is 1.49. The molecule has 160 valence electrons. The third-order valence-electron chi connectivity index (χ3n) is 4.85. The van der Waals surface area contributed by atoms with Gasteiger partial charge in [0.1, 0.15) is 18.3 Å². The lowest BCUT2D eigenvalue weighted by molar-refractivity contribution is -0.305. The first-order valence-corrected chi connectivity index (χ1v) is 10.5. The minimum Gasteiger partial charge on any atom is -0.388 e. The molecule has 1 fully saturated rings. The van der Waals surface area contributed by atoms with Crippen LogP contribution in [0.5, 0.6) is 0 Å². The molecular formula is C19H30Cl2N2O5. The summed E-state index contributed by atoms with van der Waals surface area (Å²) in [5, 5.41) is 31.0. The largest absolute Gasteiger partial charge is 0.388 e. The Labute approximate surface area is 176 Å². The maximum Gasteiger partial charge on any atom is 0.161 e. The van der Waals surface area contributed by atoms with Gasteiger partial charge in [-0.05, 0) is 30.5 Å². The van der Waals surface area contributed by atoms with Crippen molar-refractivity contribution in [1.29, 1.82) is 0 Å². The monoisotopic (exact) mass is 436 g/mol. The molecule has 28 heavy (non-hydrogen) atoms. The van der Waals surface area contributed by atoms with Gasteiger partial charge in [0.2, 0.25) is 0 Å². The highest BCUT2D eigenvalue weighted by atomic mass is 35.5. The Morgan fingerprint density at radius 1 is 1.04 bits per heavy atom. The highest BCUT2D eigenvalue weighted by Gasteiger charge is 2.40. The first-order chi connectivity index (χ1) is 13.5. The Morgan fingerprint density at radius 3 is 2.25 bits per heavy atom. The zero-order valence-corrected chi connectivity index (χ0v) is 17.6. The second-order valence-corrected chi connectivity index (χ2v) is 7.49. The minimum absolute atomic E-state index is 0.0503. The summed E-state index contributed by atoms with van der Waals surface area (Å²) >= 11 is 11.7. The van der Waals surface area contributed by atoms with Crippen molar-refractivity contribution in [1.82, 2.24) is 5.06 Å². The van der Waals surface area contributed by atoms with Crippen molar-refractivity contribution in [3.8, 4) is 0 Å². The van der Waals surface area contributed by atoms with E-state index in [0.29, 0.717) is 18.3 Å². The Bertz CT molecular complexity index is 560. The average Bonchev–Trinajstić information content (AvgIpc) is 2.71. The minimum atomic E-state index is -1.26. The SMILES string of the molecule is CON(CCCc1ccc(N(CCCl)CCCl)cc1)C1OC[C@@H](O)[C@@H](O)[C@H]1O. The molecule has 1 heterocycles. The number of hydroxylamine groups is 2. The number of benzene rings is 1. The predicted molar refractivity (Wildman–Crippen MR) is 110 cm³/mol. The molecule has 1 aliphatic rings. The number of halogens is 2. The lowest BCUT2D eigenvalue weighted by Gasteiger charge is -2.40. The molecule has 0 bridgehead atoms. The zero-order chi connectivity index (χ0) is 20.5. The van der Waals surface area contributed by atoms with E-state index >= 15 is 0 Å². The Kier molecular flexibility index (Phi) is 10.3. The third-order valence-corrected chi connectivity index (χ3v) is 5.18. The predicted octanol–water partition coefficient (Wildman–Crippen LogP) is 1.21. The van der Waals surface area contributed by atoms with E-state index in [1.165, 1.54) is 17.7 Å². The van der Waals surface area contributed by atoms with Crippen molar-refractivity contribution in [2.75, 3.05) is 50.0 Å². The van der Waals surface area contributed by atoms with Crippen LogP contribution in [-0.4, -0.2) is 90.0 Å². The first-order valence-electron chi connectivity index (χ1n) is 9.44. The van der Waals surface area contributed by atoms with E-state index in [1.54, 1.807) is 0 Å². The number of anilines is 1. The number of ether oxygens (including phenoxy) is 1. The van der Waals surface area contributed by atoms with Gasteiger partial charge in [-0.15, -0.1) is 23.2 Å². The standard InChI is InChI=1S/C19H30Cl2N2O5/c1-27-23(19-18(26)17(25)16(24)13-28-19)10-2-3-14-4-6-15(7-5-14)22(11-8-20)12-9-21/h4-7,16-19,24-26H,2-3,8-13H2,1H3/t16-,17-,18-,19?/m1/s1. The summed E-state index contributed by atoms with van der Waals surface area (Å²) in [4.78, 5) is 7.46. The number of aryl methyl sites for hydroxylation is 1. The van der Waals surface area contributed by atoms with Gasteiger partial charge in [-0.1, -0.05) is 12.1 Å². The van der Waals surface area contributed by atoms with Gasteiger partial charge in [-0.25, -0.2) is 0 Å². The number of nitrogens with zero attached hydrogens (tertiary/aromatic N) is 2. The molecular weight excluding hydrogens is 407 g/mol. The number of aliphatic hydroxyl groups excluding tert-OH is 3. The summed E-state index contributed by atoms with van der Waals surface area (Å²) < 4.78 is 5.43. The topological polar surface area (TPSA) is 85.6 Å². The Balaban J connectivity index is 1.86. The van der Waals surface area contributed by atoms with Crippen LogP contribution in [0.4, 0.5) is 5.69 Å². The highest BCUT2D eigenvalue weighted by molar-refractivity contribution is 6.18. The number of aliphatic hydroxyl groups is 3. The van der Waals surface area contributed by atoms with Crippen LogP contribution >= 0.6 is 23.2 Å². The van der Waals surface area contributed by atoms with Crippen LogP contribution < -0.4 is 4.90 Å². The van der Waals surface area contributed by atoms with Gasteiger partial charge in [0.05, 0.1) is 13.7 Å². The van der Waals surface area contributed by atoms with Gasteiger partial charge in [-0.2, -0.15) is 5.06 Å². The summed E-state index contributed by atoms with van der Waals surface area (Å²) in [6, 6.07) is 8.28. The molecule has 0 radical (unpaired) electrons. The van der Waals surface area contributed by atoms with Gasteiger partial charge in [-0.3, -0.25) is 4.84 Å². The molecule has 0 saturated carbocycles. The lowest BCUT2D eigenvalue weighted by atomic mass is 10.0. The Hall–Kier alpha value is -0.640. The van der Waals surface area contributed by atoms with E-state index in [0.717, 1.165) is 31.6 Å². The molecule has 1 aromatic carbocycles. The van der Waals surface area contributed by atoms with Gasteiger partial charge in [0.25, 0.3) is 0 Å². The van der Waals surface area contributed by atoms with Crippen molar-refractivity contribution < 1.29 is 24.9 Å². The van der Waals surface area contributed by atoms with E-state index in [1.807, 2.05) is 0 Å². The third kappa shape index (κ3) is 6.43. The van der Waals surface area contributed by atoms with Crippen LogP contribution in [-0.2, 0) is 16.0 Å². The highest BCUT2D eigenvalue weighted by Crippen LogP contribution is 2.20. The van der Waals surface area contributed by atoms with Crippen LogP contribution in [0.2, 0.25) is 0 Å². The average molecular weight is 437 g/mol. The molecule has 0 spiro atoms. The van der Waals surface area contributed by atoms with Crippen molar-refractivity contribution in [2.24, 2.45) is 0 Å². The fraction of sp³-hybridized carbons (Fsp3) is 0.684. The van der Waals surface area contributed by atoms with Gasteiger partial charge in [0.15, 0.2) is 6.23 Å². The van der Waals surface area contributed by atoms with Crippen LogP contribution in [0, 0.1) is 0 Å². The molecule has 0 aliphatic carbocycles. The maximum absolute atomic E-state index is 10.1. The quantitative estimate of drug-likeness (QED) is 0.355. The van der Waals surface area contributed by atoms with E-state index in [4.69, 9.17) is 32.8 Å². The summed E-state index contributed by atoms with van der Waals surface area (Å²) in [5.74, 6) is 1.10. The molecule has 4 atom stereocenters. The smallest absolute Gasteiger partial charge is 0.161 e. The number of rotatable bonds is 11. The van der Waals surface area contributed by atoms with Crippen LogP contribution in [0.15, 0.2) is 24.3 Å². The zero-order valence-electron chi connectivity index (χ0n) is 16.1. The maximum atomic E-state index is 10.1. The molecule has 1 aliphatic heterocycles. The fourth-order valence-electron chi connectivity index (χ4n) is 3.25. The fourth-order valence-corrected chi connectivity index (χ4v) is 3.66. The van der Waals surface area contributed by atoms with E-state index in [9.17, 15) is 15.3 Å². The van der Waals surface area contributed by atoms with Gasteiger partial charge < -0.3 is 25.0 Å². The number of hydrogen-bond donors (Lipinski definition) is 3. The molecule has 7 nitrogen and oxygen atoms in total. The van der Waals surface area contributed by atoms with Crippen molar-refractivity contribution in [3.05, 3.63) is 29.8 Å². The molecule has 1 saturated heterocycles. The summed E-state index contributed by atoms with van der Waals surface area (Å²) in [6.07, 6.45) is -2.82. The lowest BCUT2D eigenvalue weighted by Crippen LogP contribution is -2.58. The van der Waals surface area contributed by atoms with Crippen molar-refractivity contribution in [3.63, 3.8) is 0 Å². The van der Waals surface area contributed by atoms with Crippen LogP contribution in [0.25, 0.3) is 0 Å². The normalized spacial score (nSPS) is 25.2. The van der Waals surface area contributed by atoms with E-state index < -0.39 is 24.5 Å². The molecule has 0 amide bonds. The molecule has 3 N–H and O–H groups in total. The van der Waals surface area contributed by atoms with E-state index in [2.05, 4.69) is 29.2 Å². The van der Waals surface area contributed by atoms with Crippen molar-refractivity contribution in [2.45, 2.75) is 37.4 Å². The second-order valence-electron chi connectivity index (χ2n) is 6.73. The summed E-state index contributed by atoms with van der Waals surface area (Å²) in [6.45, 7) is 1.96. The van der Waals surface area contributed by atoms with E-state index in [-0.39, 0.29) is 6.61 Å².